The van der Waals surface area contributed by atoms with Crippen molar-refractivity contribution >= 4 is 23.4 Å². The molecule has 164 valence electrons. The highest BCUT2D eigenvalue weighted by molar-refractivity contribution is 6.04. The number of hydrogen-bond donors (Lipinski definition) is 2. The van der Waals surface area contributed by atoms with E-state index in [4.69, 9.17) is 14.2 Å². The number of cyclic esters (lactones) is 1. The second-order valence-corrected chi connectivity index (χ2v) is 6.84. The quantitative estimate of drug-likeness (QED) is 0.589. The van der Waals surface area contributed by atoms with Crippen LogP contribution in [0.5, 0.6) is 11.5 Å². The average molecular weight is 435 g/mol. The van der Waals surface area contributed by atoms with Gasteiger partial charge in [0.15, 0.2) is 11.5 Å². The highest BCUT2D eigenvalue weighted by Gasteiger charge is 2.24. The normalized spacial score (nSPS) is 13.2. The van der Waals surface area contributed by atoms with Gasteiger partial charge < -0.3 is 19.5 Å². The van der Waals surface area contributed by atoms with Crippen molar-refractivity contribution in [1.29, 1.82) is 0 Å². The second-order valence-electron chi connectivity index (χ2n) is 6.84. The first-order valence-corrected chi connectivity index (χ1v) is 9.71. The van der Waals surface area contributed by atoms with Crippen LogP contribution >= 0.6 is 0 Å². The first-order valence-electron chi connectivity index (χ1n) is 9.71. The topological polar surface area (TPSA) is 118 Å². The highest BCUT2D eigenvalue weighted by atomic mass is 16.6. The maximum absolute atomic E-state index is 12.3. The van der Waals surface area contributed by atoms with Crippen molar-refractivity contribution in [2.24, 2.45) is 5.10 Å². The third-order valence-corrected chi connectivity index (χ3v) is 4.75. The molecule has 2 heterocycles. The van der Waals surface area contributed by atoms with Crippen LogP contribution in [0.25, 0.3) is 0 Å². The van der Waals surface area contributed by atoms with Crippen molar-refractivity contribution in [3.8, 4) is 11.5 Å². The Hall–Kier alpha value is -4.34. The molecule has 0 saturated carbocycles. The van der Waals surface area contributed by atoms with E-state index in [1.54, 1.807) is 56.8 Å². The molecular weight excluding hydrogens is 414 g/mol. The Morgan fingerprint density at radius 3 is 2.75 bits per heavy atom. The Labute approximate surface area is 183 Å². The van der Waals surface area contributed by atoms with E-state index in [2.05, 4.69) is 20.6 Å². The summed E-state index contributed by atoms with van der Waals surface area (Å²) in [5.74, 6) is 0.807. The van der Waals surface area contributed by atoms with Crippen LogP contribution in [0.1, 0.15) is 21.6 Å². The summed E-state index contributed by atoms with van der Waals surface area (Å²) in [7, 11) is 3.11. The summed E-state index contributed by atoms with van der Waals surface area (Å²) in [5, 5.41) is 14.9. The fourth-order valence-electron chi connectivity index (χ4n) is 3.18. The molecule has 1 aromatic heterocycles. The number of aromatic amines is 1. The van der Waals surface area contributed by atoms with E-state index >= 15 is 0 Å². The summed E-state index contributed by atoms with van der Waals surface area (Å²) >= 11 is 0. The van der Waals surface area contributed by atoms with Crippen LogP contribution in [-0.2, 0) is 11.3 Å². The summed E-state index contributed by atoms with van der Waals surface area (Å²) in [6, 6.07) is 14.1. The van der Waals surface area contributed by atoms with E-state index in [9.17, 15) is 9.59 Å². The third kappa shape index (κ3) is 4.53. The molecule has 32 heavy (non-hydrogen) atoms. The van der Waals surface area contributed by atoms with Crippen molar-refractivity contribution in [2.75, 3.05) is 26.1 Å². The van der Waals surface area contributed by atoms with Crippen molar-refractivity contribution in [3.05, 3.63) is 71.5 Å². The van der Waals surface area contributed by atoms with Gasteiger partial charge >= 0.3 is 6.09 Å². The van der Waals surface area contributed by atoms with Gasteiger partial charge in [0.2, 0.25) is 0 Å². The molecular formula is C22H21N5O5. The molecule has 0 atom stereocenters. The van der Waals surface area contributed by atoms with Crippen LogP contribution in [0.2, 0.25) is 0 Å². The lowest BCUT2D eigenvalue weighted by Gasteiger charge is -2.24. The number of nitrogens with zero attached hydrogens (tertiary/aromatic N) is 3. The Morgan fingerprint density at radius 2 is 2.00 bits per heavy atom. The monoisotopic (exact) mass is 435 g/mol. The van der Waals surface area contributed by atoms with Gasteiger partial charge in [-0.05, 0) is 42.0 Å². The lowest BCUT2D eigenvalue weighted by Crippen LogP contribution is -2.35. The molecule has 0 fully saturated rings. The Morgan fingerprint density at radius 1 is 1.16 bits per heavy atom. The molecule has 2 aromatic carbocycles. The third-order valence-electron chi connectivity index (χ3n) is 4.75. The molecule has 10 heteroatoms. The van der Waals surface area contributed by atoms with Crippen molar-refractivity contribution in [2.45, 2.75) is 6.54 Å². The molecule has 1 aliphatic heterocycles. The fourth-order valence-corrected chi connectivity index (χ4v) is 3.18. The van der Waals surface area contributed by atoms with E-state index in [1.165, 1.54) is 5.01 Å². The Balaban J connectivity index is 1.52. The zero-order chi connectivity index (χ0) is 22.5. The van der Waals surface area contributed by atoms with Gasteiger partial charge in [-0.25, -0.2) is 4.79 Å². The predicted octanol–water partition coefficient (Wildman–Crippen LogP) is 3.04. The average Bonchev–Trinajstić information content (AvgIpc) is 3.35. The molecule has 0 spiro atoms. The minimum atomic E-state index is -0.555. The number of hydrogen-bond acceptors (Lipinski definition) is 7. The molecule has 1 aliphatic rings. The number of rotatable bonds is 7. The van der Waals surface area contributed by atoms with E-state index in [0.29, 0.717) is 22.9 Å². The summed E-state index contributed by atoms with van der Waals surface area (Å²) in [5.41, 5.74) is 2.94. The first kappa shape index (κ1) is 20.9. The molecule has 0 saturated heterocycles. The summed E-state index contributed by atoms with van der Waals surface area (Å²) in [6.45, 7) is 0.215. The molecule has 4 rings (SSSR count). The molecule has 0 bridgehead atoms. The van der Waals surface area contributed by atoms with Crippen LogP contribution in [-0.4, -0.2) is 53.7 Å². The number of benzene rings is 2. The molecule has 2 N–H and O–H groups in total. The minimum absolute atomic E-state index is 0.0462. The van der Waals surface area contributed by atoms with E-state index in [1.807, 2.05) is 12.1 Å². The smallest absolute Gasteiger partial charge is 0.431 e. The van der Waals surface area contributed by atoms with Crippen LogP contribution in [0.3, 0.4) is 0 Å². The van der Waals surface area contributed by atoms with E-state index in [0.717, 1.165) is 11.1 Å². The maximum atomic E-state index is 12.3. The molecule has 2 amide bonds. The molecule has 0 radical (unpaired) electrons. The van der Waals surface area contributed by atoms with Gasteiger partial charge in [0.25, 0.3) is 5.91 Å². The van der Waals surface area contributed by atoms with E-state index in [-0.39, 0.29) is 24.8 Å². The lowest BCUT2D eigenvalue weighted by atomic mass is 10.1. The van der Waals surface area contributed by atoms with Crippen LogP contribution in [0, 0.1) is 0 Å². The van der Waals surface area contributed by atoms with Gasteiger partial charge in [0.05, 0.1) is 20.8 Å². The second kappa shape index (κ2) is 9.21. The highest BCUT2D eigenvalue weighted by Crippen LogP contribution is 2.28. The van der Waals surface area contributed by atoms with Gasteiger partial charge in [-0.15, -0.1) is 0 Å². The van der Waals surface area contributed by atoms with Crippen LogP contribution in [0.4, 0.5) is 10.5 Å². The summed E-state index contributed by atoms with van der Waals surface area (Å²) in [4.78, 5) is 24.5. The Bertz CT molecular complexity index is 1160. The molecule has 10 nitrogen and oxygen atoms in total. The number of ether oxygens (including phenoxy) is 3. The van der Waals surface area contributed by atoms with Gasteiger partial charge in [0, 0.05) is 17.4 Å². The fraction of sp³-hybridized carbons (Fsp3) is 0.182. The Kier molecular flexibility index (Phi) is 6.02. The van der Waals surface area contributed by atoms with E-state index < -0.39 is 6.09 Å². The summed E-state index contributed by atoms with van der Waals surface area (Å²) < 4.78 is 15.9. The zero-order valence-electron chi connectivity index (χ0n) is 17.5. The summed E-state index contributed by atoms with van der Waals surface area (Å²) in [6.07, 6.45) is 1.02. The van der Waals surface area contributed by atoms with Crippen LogP contribution < -0.4 is 14.8 Å². The zero-order valence-corrected chi connectivity index (χ0v) is 17.5. The van der Waals surface area contributed by atoms with Crippen molar-refractivity contribution in [1.82, 2.24) is 15.2 Å². The van der Waals surface area contributed by atoms with Gasteiger partial charge in [-0.1, -0.05) is 12.1 Å². The number of carbonyl (C=O) groups excluding carboxylic acids is 2. The standard InChI is InChI=1S/C22H21N5O5/c1-30-19-7-6-15(11-20(19)31-2)18-13-32-22(29)27(26-18)12-14-4-3-5-16(10-14)24-21(28)17-8-9-23-25-17/h3-11H,12-13H2,1-2H3,(H,23,25)(H,24,28). The van der Waals surface area contributed by atoms with Gasteiger partial charge in [-0.2, -0.15) is 15.2 Å². The molecule has 0 aliphatic carbocycles. The minimum Gasteiger partial charge on any atom is -0.493 e. The number of aromatic nitrogens is 2. The molecule has 0 unspecified atom stereocenters. The SMILES string of the molecule is COc1ccc(C2=NN(Cc3cccc(NC(=O)c4cc[nH]n4)c3)C(=O)OC2)cc1OC. The molecule has 3 aromatic rings. The number of methoxy groups -OCH3 is 2. The van der Waals surface area contributed by atoms with Crippen LogP contribution in [0.15, 0.2) is 59.8 Å². The predicted molar refractivity (Wildman–Crippen MR) is 116 cm³/mol. The first-order chi connectivity index (χ1) is 15.6. The largest absolute Gasteiger partial charge is 0.493 e. The number of amides is 2. The van der Waals surface area contributed by atoms with Gasteiger partial charge in [-0.3, -0.25) is 9.89 Å². The number of anilines is 1. The maximum Gasteiger partial charge on any atom is 0.431 e. The lowest BCUT2D eigenvalue weighted by molar-refractivity contribution is 0.101. The number of nitrogens with one attached hydrogen (secondary N) is 2. The number of carbonyl (C=O) groups is 2. The number of hydrazone groups is 1. The van der Waals surface area contributed by atoms with Crippen molar-refractivity contribution in [3.63, 3.8) is 0 Å². The van der Waals surface area contributed by atoms with Crippen molar-refractivity contribution < 1.29 is 23.8 Å². The van der Waals surface area contributed by atoms with Gasteiger partial charge in [0.1, 0.15) is 18.0 Å². The number of H-pyrrole nitrogens is 1.